The van der Waals surface area contributed by atoms with Crippen molar-refractivity contribution in [2.75, 3.05) is 7.11 Å². The number of nitrogens with two attached hydrogens (primary N) is 1. The summed E-state index contributed by atoms with van der Waals surface area (Å²) in [7, 11) is 0.949. The van der Waals surface area contributed by atoms with Crippen LogP contribution in [0.25, 0.3) is 0 Å². The fourth-order valence-corrected chi connectivity index (χ4v) is 1.73. The van der Waals surface area contributed by atoms with Gasteiger partial charge in [0.05, 0.1) is 32.4 Å². The van der Waals surface area contributed by atoms with Crippen molar-refractivity contribution in [2.24, 2.45) is 5.73 Å². The summed E-state index contributed by atoms with van der Waals surface area (Å²) in [6.45, 7) is 0. The number of hydrogen-bond donors (Lipinski definition) is 6. The molecule has 0 aliphatic rings. The monoisotopic (exact) mass is 377 g/mol. The maximum absolute atomic E-state index is 12.1. The number of methoxy groups -OCH3 is 1. The zero-order valence-electron chi connectivity index (χ0n) is 13.6. The molecule has 3 atom stereocenters. The number of hydrogen-bond acceptors (Lipinski definition) is 8. The SMILES string of the molecule is COC(=O)C(CC(=O)O)NC(=O)C(CC(=O)O)NC(=O)C(N)CC(=O)O. The molecule has 0 aromatic carbocycles. The highest BCUT2D eigenvalue weighted by Crippen LogP contribution is 2.01. The lowest BCUT2D eigenvalue weighted by molar-refractivity contribution is -0.150. The molecule has 0 heterocycles. The summed E-state index contributed by atoms with van der Waals surface area (Å²) >= 11 is 0. The third kappa shape index (κ3) is 8.58. The van der Waals surface area contributed by atoms with E-state index in [0.29, 0.717) is 0 Å². The van der Waals surface area contributed by atoms with E-state index in [0.717, 1.165) is 7.11 Å². The van der Waals surface area contributed by atoms with Crippen LogP contribution in [0.2, 0.25) is 0 Å². The molecule has 0 aromatic rings. The minimum absolute atomic E-state index is 0.767. The van der Waals surface area contributed by atoms with Gasteiger partial charge in [0.25, 0.3) is 0 Å². The van der Waals surface area contributed by atoms with Crippen molar-refractivity contribution in [3.05, 3.63) is 0 Å². The van der Waals surface area contributed by atoms with Gasteiger partial charge in [-0.25, -0.2) is 4.79 Å². The first-order chi connectivity index (χ1) is 12.0. The van der Waals surface area contributed by atoms with E-state index in [9.17, 15) is 28.8 Å². The van der Waals surface area contributed by atoms with Crippen LogP contribution in [-0.4, -0.2) is 76.2 Å². The Morgan fingerprint density at radius 2 is 1.23 bits per heavy atom. The van der Waals surface area contributed by atoms with Gasteiger partial charge in [-0.05, 0) is 0 Å². The summed E-state index contributed by atoms with van der Waals surface area (Å²) in [4.78, 5) is 67.5. The molecule has 146 valence electrons. The molecule has 13 nitrogen and oxygen atoms in total. The Kier molecular flexibility index (Phi) is 9.29. The van der Waals surface area contributed by atoms with Crippen LogP contribution in [0.3, 0.4) is 0 Å². The standard InChI is InChI=1S/C13H19N3O10/c1-26-13(25)7(4-10(21)22)16-12(24)6(3-9(19)20)15-11(23)5(14)2-8(17)18/h5-7H,2-4,14H2,1H3,(H,15,23)(H,16,24)(H,17,18)(H,19,20)(H,21,22). The van der Waals surface area contributed by atoms with Gasteiger partial charge in [0, 0.05) is 0 Å². The van der Waals surface area contributed by atoms with Crippen LogP contribution >= 0.6 is 0 Å². The van der Waals surface area contributed by atoms with Gasteiger partial charge in [0.15, 0.2) is 0 Å². The second-order valence-corrected chi connectivity index (χ2v) is 5.05. The van der Waals surface area contributed by atoms with Gasteiger partial charge >= 0.3 is 23.9 Å². The molecule has 0 aliphatic carbocycles. The second kappa shape index (κ2) is 10.6. The average molecular weight is 377 g/mol. The van der Waals surface area contributed by atoms with Crippen molar-refractivity contribution in [1.29, 1.82) is 0 Å². The van der Waals surface area contributed by atoms with Crippen LogP contribution in [0, 0.1) is 0 Å². The highest BCUT2D eigenvalue weighted by atomic mass is 16.5. The molecule has 0 saturated carbocycles. The third-order valence-electron chi connectivity index (χ3n) is 2.92. The Labute approximate surface area is 146 Å². The number of carboxylic acid groups (broad SMARTS) is 3. The largest absolute Gasteiger partial charge is 0.481 e. The van der Waals surface area contributed by atoms with Crippen molar-refractivity contribution in [2.45, 2.75) is 37.4 Å². The lowest BCUT2D eigenvalue weighted by Crippen LogP contribution is -2.55. The van der Waals surface area contributed by atoms with E-state index in [1.54, 1.807) is 0 Å². The number of ether oxygens (including phenoxy) is 1. The zero-order valence-corrected chi connectivity index (χ0v) is 13.6. The predicted octanol–water partition coefficient (Wildman–Crippen LogP) is -3.12. The first-order valence-electron chi connectivity index (χ1n) is 7.07. The fourth-order valence-electron chi connectivity index (χ4n) is 1.73. The Balaban J connectivity index is 5.19. The molecule has 0 aliphatic heterocycles. The highest BCUT2D eigenvalue weighted by Gasteiger charge is 2.31. The van der Waals surface area contributed by atoms with Gasteiger partial charge in [0.2, 0.25) is 11.8 Å². The minimum Gasteiger partial charge on any atom is -0.481 e. The quantitative estimate of drug-likeness (QED) is 0.197. The molecular weight excluding hydrogens is 358 g/mol. The molecule has 0 spiro atoms. The summed E-state index contributed by atoms with van der Waals surface area (Å²) in [5, 5.41) is 30.0. The maximum atomic E-state index is 12.1. The molecule has 7 N–H and O–H groups in total. The second-order valence-electron chi connectivity index (χ2n) is 5.05. The number of aliphatic carboxylic acids is 3. The Morgan fingerprint density at radius 1 is 0.808 bits per heavy atom. The number of carboxylic acids is 3. The average Bonchev–Trinajstić information content (AvgIpc) is 2.50. The summed E-state index contributed by atoms with van der Waals surface area (Å²) in [6, 6.07) is -4.89. The Morgan fingerprint density at radius 3 is 1.65 bits per heavy atom. The molecule has 26 heavy (non-hydrogen) atoms. The van der Waals surface area contributed by atoms with Gasteiger partial charge in [0.1, 0.15) is 12.1 Å². The van der Waals surface area contributed by atoms with E-state index in [1.165, 1.54) is 0 Å². The first-order valence-corrected chi connectivity index (χ1v) is 7.07. The van der Waals surface area contributed by atoms with Crippen LogP contribution in [-0.2, 0) is 33.5 Å². The van der Waals surface area contributed by atoms with E-state index in [2.05, 4.69) is 4.74 Å². The third-order valence-corrected chi connectivity index (χ3v) is 2.92. The summed E-state index contributed by atoms with van der Waals surface area (Å²) < 4.78 is 4.33. The molecule has 0 saturated heterocycles. The predicted molar refractivity (Wildman–Crippen MR) is 80.6 cm³/mol. The number of esters is 1. The van der Waals surface area contributed by atoms with Crippen molar-refractivity contribution < 1.29 is 48.8 Å². The smallest absolute Gasteiger partial charge is 0.328 e. The number of amides is 2. The normalized spacial score (nSPS) is 13.6. The van der Waals surface area contributed by atoms with Crippen LogP contribution in [0.15, 0.2) is 0 Å². The number of nitrogens with one attached hydrogen (secondary N) is 2. The summed E-state index contributed by atoms with van der Waals surface area (Å²) in [5.41, 5.74) is 5.31. The van der Waals surface area contributed by atoms with Crippen LogP contribution in [0.4, 0.5) is 0 Å². The van der Waals surface area contributed by atoms with E-state index in [4.69, 9.17) is 21.1 Å². The summed E-state index contributed by atoms with van der Waals surface area (Å²) in [6.07, 6.45) is -2.53. The molecule has 2 amide bonds. The number of rotatable bonds is 11. The van der Waals surface area contributed by atoms with Gasteiger partial charge in [-0.3, -0.25) is 24.0 Å². The molecule has 0 radical (unpaired) electrons. The van der Waals surface area contributed by atoms with E-state index >= 15 is 0 Å². The summed E-state index contributed by atoms with van der Waals surface area (Å²) in [5.74, 6) is -7.71. The van der Waals surface area contributed by atoms with Crippen molar-refractivity contribution >= 4 is 35.7 Å². The van der Waals surface area contributed by atoms with Crippen molar-refractivity contribution in [3.63, 3.8) is 0 Å². The molecule has 0 rings (SSSR count). The molecule has 0 aromatic heterocycles. The molecule has 0 bridgehead atoms. The Bertz CT molecular complexity index is 591. The van der Waals surface area contributed by atoms with Crippen LogP contribution in [0.1, 0.15) is 19.3 Å². The molecule has 0 fully saturated rings. The van der Waals surface area contributed by atoms with Crippen LogP contribution in [0.5, 0.6) is 0 Å². The van der Waals surface area contributed by atoms with E-state index < -0.39 is 73.1 Å². The van der Waals surface area contributed by atoms with Gasteiger partial charge in [-0.1, -0.05) is 0 Å². The Hall–Kier alpha value is -3.22. The lowest BCUT2D eigenvalue weighted by atomic mass is 10.1. The fraction of sp³-hybridized carbons (Fsp3) is 0.538. The van der Waals surface area contributed by atoms with Gasteiger partial charge in [-0.15, -0.1) is 0 Å². The minimum atomic E-state index is -1.72. The van der Waals surface area contributed by atoms with Gasteiger partial charge in [-0.2, -0.15) is 0 Å². The highest BCUT2D eigenvalue weighted by molar-refractivity contribution is 5.95. The maximum Gasteiger partial charge on any atom is 0.328 e. The van der Waals surface area contributed by atoms with E-state index in [1.807, 2.05) is 10.6 Å². The zero-order chi connectivity index (χ0) is 20.4. The topological polar surface area (TPSA) is 222 Å². The number of carbonyl (C=O) groups excluding carboxylic acids is 3. The van der Waals surface area contributed by atoms with Crippen molar-refractivity contribution in [1.82, 2.24) is 10.6 Å². The van der Waals surface area contributed by atoms with E-state index in [-0.39, 0.29) is 0 Å². The molecule has 3 unspecified atom stereocenters. The molecular formula is C13H19N3O10. The first kappa shape index (κ1) is 22.8. The number of carbonyl (C=O) groups is 6. The molecule has 13 heteroatoms. The van der Waals surface area contributed by atoms with Crippen LogP contribution < -0.4 is 16.4 Å². The lowest BCUT2D eigenvalue weighted by Gasteiger charge is -2.21. The van der Waals surface area contributed by atoms with Gasteiger partial charge < -0.3 is 36.4 Å². The van der Waals surface area contributed by atoms with Crippen molar-refractivity contribution in [3.8, 4) is 0 Å².